The molecule has 0 aromatic carbocycles. The summed E-state index contributed by atoms with van der Waals surface area (Å²) in [7, 11) is 0. The molecule has 0 aliphatic carbocycles. The van der Waals surface area contributed by atoms with Crippen LogP contribution >= 0.6 is 22.7 Å². The molecule has 1 aliphatic heterocycles. The summed E-state index contributed by atoms with van der Waals surface area (Å²) < 4.78 is 10.2. The number of esters is 1. The lowest BCUT2D eigenvalue weighted by atomic mass is 9.97. The maximum absolute atomic E-state index is 11.7. The molecule has 30 heavy (non-hydrogen) atoms. The van der Waals surface area contributed by atoms with E-state index in [1.165, 1.54) is 11.3 Å². The van der Waals surface area contributed by atoms with Crippen LogP contribution in [-0.2, 0) is 11.3 Å². The minimum absolute atomic E-state index is 0.142. The average Bonchev–Trinajstić information content (AvgIpc) is 3.49. The van der Waals surface area contributed by atoms with Gasteiger partial charge < -0.3 is 9.26 Å². The second kappa shape index (κ2) is 9.02. The summed E-state index contributed by atoms with van der Waals surface area (Å²) in [6.07, 6.45) is 1.95. The van der Waals surface area contributed by atoms with Crippen molar-refractivity contribution in [2.45, 2.75) is 32.2 Å². The molecule has 1 aliphatic rings. The van der Waals surface area contributed by atoms with E-state index in [1.807, 2.05) is 10.8 Å². The number of aromatic nitrogens is 2. The molecule has 3 aromatic rings. The normalized spacial score (nSPS) is 15.4. The molecule has 1 saturated heterocycles. The van der Waals surface area contributed by atoms with Gasteiger partial charge in [-0.3, -0.25) is 15.0 Å². The molecule has 3 aromatic heterocycles. The van der Waals surface area contributed by atoms with E-state index < -0.39 is 5.97 Å². The Morgan fingerprint density at radius 2 is 2.13 bits per heavy atom. The van der Waals surface area contributed by atoms with Crippen molar-refractivity contribution < 1.29 is 19.0 Å². The lowest BCUT2D eigenvalue weighted by Gasteiger charge is -2.30. The van der Waals surface area contributed by atoms with Crippen molar-refractivity contribution >= 4 is 33.6 Å². The van der Waals surface area contributed by atoms with Gasteiger partial charge in [0.1, 0.15) is 5.69 Å². The van der Waals surface area contributed by atoms with Gasteiger partial charge in [-0.25, -0.2) is 9.78 Å². The predicted octanol–water partition coefficient (Wildman–Crippen LogP) is 4.32. The molecule has 0 amide bonds. The third-order valence-electron chi connectivity index (χ3n) is 4.93. The number of piperidine rings is 1. The number of nitro groups is 1. The molecule has 9 nitrogen and oxygen atoms in total. The quantitative estimate of drug-likeness (QED) is 0.298. The largest absolute Gasteiger partial charge is 0.461 e. The molecule has 4 heterocycles. The van der Waals surface area contributed by atoms with Crippen molar-refractivity contribution in [1.29, 1.82) is 0 Å². The van der Waals surface area contributed by atoms with Gasteiger partial charge >= 0.3 is 11.0 Å². The molecule has 0 bridgehead atoms. The zero-order chi connectivity index (χ0) is 21.1. The Morgan fingerprint density at radius 3 is 2.83 bits per heavy atom. The Kier molecular flexibility index (Phi) is 6.21. The van der Waals surface area contributed by atoms with Crippen LogP contribution in [0.25, 0.3) is 11.5 Å². The van der Waals surface area contributed by atoms with Crippen molar-refractivity contribution in [2.24, 2.45) is 0 Å². The van der Waals surface area contributed by atoms with Gasteiger partial charge in [-0.1, -0.05) is 16.5 Å². The van der Waals surface area contributed by atoms with Gasteiger partial charge in [0.05, 0.1) is 16.5 Å². The summed E-state index contributed by atoms with van der Waals surface area (Å²) in [6.45, 7) is 4.58. The Morgan fingerprint density at radius 1 is 1.33 bits per heavy atom. The van der Waals surface area contributed by atoms with Crippen LogP contribution in [-0.4, -0.2) is 45.6 Å². The average molecular weight is 449 g/mol. The minimum Gasteiger partial charge on any atom is -0.461 e. The van der Waals surface area contributed by atoms with E-state index in [4.69, 9.17) is 14.2 Å². The molecule has 11 heteroatoms. The topological polar surface area (TPSA) is 112 Å². The highest BCUT2D eigenvalue weighted by Gasteiger charge is 2.25. The number of rotatable bonds is 7. The first-order chi connectivity index (χ1) is 14.5. The van der Waals surface area contributed by atoms with Gasteiger partial charge in [-0.2, -0.15) is 0 Å². The number of carbonyl (C=O) groups is 1. The number of nitrogens with zero attached hydrogens (tertiary/aromatic N) is 4. The molecule has 158 valence electrons. The number of likely N-dealkylation sites (tertiary alicyclic amines) is 1. The fraction of sp³-hybridized carbons (Fsp3) is 0.421. The number of hydrogen-bond acceptors (Lipinski definition) is 10. The van der Waals surface area contributed by atoms with Gasteiger partial charge in [-0.15, -0.1) is 11.3 Å². The van der Waals surface area contributed by atoms with E-state index in [1.54, 1.807) is 30.4 Å². The first-order valence-corrected chi connectivity index (χ1v) is 11.3. The SMILES string of the molecule is CCOC(=O)c1cc(-c2csc(C3CCN(Cc4csc([N+](=O)[O-])c4)CC3)n2)on1. The second-order valence-corrected chi connectivity index (χ2v) is 8.75. The summed E-state index contributed by atoms with van der Waals surface area (Å²) in [5.74, 6) is 0.313. The molecule has 0 radical (unpaired) electrons. The molecule has 0 unspecified atom stereocenters. The number of carbonyl (C=O) groups excluding carboxylic acids is 1. The van der Waals surface area contributed by atoms with Crippen LogP contribution in [0.1, 0.15) is 46.7 Å². The molecular formula is C19H20N4O5S2. The predicted molar refractivity (Wildman–Crippen MR) is 112 cm³/mol. The first-order valence-electron chi connectivity index (χ1n) is 9.57. The van der Waals surface area contributed by atoms with E-state index >= 15 is 0 Å². The smallest absolute Gasteiger partial charge is 0.360 e. The molecule has 4 rings (SSSR count). The van der Waals surface area contributed by atoms with Crippen LogP contribution in [0.5, 0.6) is 0 Å². The van der Waals surface area contributed by atoms with E-state index in [0.717, 1.165) is 43.0 Å². The van der Waals surface area contributed by atoms with Gasteiger partial charge in [0.15, 0.2) is 11.5 Å². The number of thiazole rings is 1. The summed E-state index contributed by atoms with van der Waals surface area (Å²) >= 11 is 2.76. The Bertz CT molecular complexity index is 1040. The Labute approximate surface area is 180 Å². The highest BCUT2D eigenvalue weighted by Crippen LogP contribution is 2.34. The third-order valence-corrected chi connectivity index (χ3v) is 6.87. The van der Waals surface area contributed by atoms with Crippen molar-refractivity contribution in [2.75, 3.05) is 19.7 Å². The molecular weight excluding hydrogens is 428 g/mol. The van der Waals surface area contributed by atoms with E-state index in [0.29, 0.717) is 17.4 Å². The van der Waals surface area contributed by atoms with E-state index in [-0.39, 0.29) is 22.2 Å². The first kappa shape index (κ1) is 20.6. The van der Waals surface area contributed by atoms with Crippen molar-refractivity contribution in [1.82, 2.24) is 15.0 Å². The van der Waals surface area contributed by atoms with Crippen molar-refractivity contribution in [3.05, 3.63) is 49.3 Å². The van der Waals surface area contributed by atoms with Crippen LogP contribution in [0.2, 0.25) is 0 Å². The van der Waals surface area contributed by atoms with Crippen LogP contribution in [0.3, 0.4) is 0 Å². The number of thiophene rings is 1. The highest BCUT2D eigenvalue weighted by molar-refractivity contribution is 7.13. The lowest BCUT2D eigenvalue weighted by molar-refractivity contribution is -0.380. The van der Waals surface area contributed by atoms with Gasteiger partial charge in [0.25, 0.3) is 0 Å². The maximum Gasteiger partial charge on any atom is 0.360 e. The second-order valence-electron chi connectivity index (χ2n) is 6.97. The van der Waals surface area contributed by atoms with Crippen molar-refractivity contribution in [3.8, 4) is 11.5 Å². The van der Waals surface area contributed by atoms with Crippen molar-refractivity contribution in [3.63, 3.8) is 0 Å². The third kappa shape index (κ3) is 4.58. The molecule has 0 spiro atoms. The Hall–Kier alpha value is -2.63. The van der Waals surface area contributed by atoms with Crippen LogP contribution < -0.4 is 0 Å². The highest BCUT2D eigenvalue weighted by atomic mass is 32.1. The molecule has 1 fully saturated rings. The monoisotopic (exact) mass is 448 g/mol. The Balaban J connectivity index is 1.34. The summed E-state index contributed by atoms with van der Waals surface area (Å²) in [5, 5.41) is 19.6. The number of hydrogen-bond donors (Lipinski definition) is 0. The zero-order valence-corrected chi connectivity index (χ0v) is 17.9. The molecule has 0 N–H and O–H groups in total. The van der Waals surface area contributed by atoms with Crippen LogP contribution in [0.4, 0.5) is 5.00 Å². The lowest BCUT2D eigenvalue weighted by Crippen LogP contribution is -2.32. The van der Waals surface area contributed by atoms with E-state index in [9.17, 15) is 14.9 Å². The zero-order valence-electron chi connectivity index (χ0n) is 16.3. The summed E-state index contributed by atoms with van der Waals surface area (Å²) in [5.41, 5.74) is 1.80. The van der Waals surface area contributed by atoms with Gasteiger partial charge in [-0.05, 0) is 38.4 Å². The summed E-state index contributed by atoms with van der Waals surface area (Å²) in [6, 6.07) is 3.21. The van der Waals surface area contributed by atoms with Gasteiger partial charge in [0.2, 0.25) is 0 Å². The fourth-order valence-corrected chi connectivity index (χ4v) is 5.12. The number of ether oxygens (including phenoxy) is 1. The molecule has 0 saturated carbocycles. The van der Waals surface area contributed by atoms with Crippen LogP contribution in [0.15, 0.2) is 27.4 Å². The van der Waals surface area contributed by atoms with E-state index in [2.05, 4.69) is 10.1 Å². The van der Waals surface area contributed by atoms with Crippen LogP contribution in [0, 0.1) is 10.1 Å². The minimum atomic E-state index is -0.508. The standard InChI is InChI=1S/C19H20N4O5S2/c1-2-27-19(24)14-8-16(28-21-14)15-11-30-18(20-15)13-3-5-22(6-4-13)9-12-7-17(23(25)26)29-10-12/h7-8,10-11,13H,2-6,9H2,1H3. The van der Waals surface area contributed by atoms with Gasteiger partial charge in [0, 0.05) is 35.4 Å². The molecule has 0 atom stereocenters. The summed E-state index contributed by atoms with van der Waals surface area (Å²) in [4.78, 5) is 29.2. The maximum atomic E-state index is 11.7. The fourth-order valence-electron chi connectivity index (χ4n) is 3.42.